The molecule has 100 valence electrons. The molecule has 1 amide bonds. The van der Waals surface area contributed by atoms with Crippen LogP contribution in [0.15, 0.2) is 0 Å². The smallest absolute Gasteiger partial charge is 0.407 e. The molecular weight excluding hydrogens is 226 g/mol. The van der Waals surface area contributed by atoms with Crippen LogP contribution in [0.5, 0.6) is 0 Å². The average Bonchev–Trinajstić information content (AvgIpc) is 2.10. The number of alkyl carbamates (subject to hydrolysis) is 1. The van der Waals surface area contributed by atoms with Crippen LogP contribution >= 0.6 is 0 Å². The lowest BCUT2D eigenvalue weighted by Gasteiger charge is -2.34. The van der Waals surface area contributed by atoms with Crippen molar-refractivity contribution < 1.29 is 24.9 Å². The van der Waals surface area contributed by atoms with E-state index in [9.17, 15) is 20.1 Å². The van der Waals surface area contributed by atoms with Crippen molar-refractivity contribution in [3.63, 3.8) is 0 Å². The summed E-state index contributed by atoms with van der Waals surface area (Å²) >= 11 is 0. The topological polar surface area (TPSA) is 99.0 Å². The summed E-state index contributed by atoms with van der Waals surface area (Å²) in [5, 5.41) is 30.8. The van der Waals surface area contributed by atoms with Crippen molar-refractivity contribution >= 4 is 6.09 Å². The van der Waals surface area contributed by atoms with Gasteiger partial charge in [0.2, 0.25) is 0 Å². The molecule has 0 heterocycles. The van der Waals surface area contributed by atoms with Gasteiger partial charge in [-0.1, -0.05) is 0 Å². The number of carbonyl (C=O) groups excluding carboxylic acids is 1. The van der Waals surface area contributed by atoms with Gasteiger partial charge in [-0.3, -0.25) is 0 Å². The summed E-state index contributed by atoms with van der Waals surface area (Å²) in [6.45, 7) is 5.25. The third kappa shape index (κ3) is 4.49. The largest absolute Gasteiger partial charge is 0.444 e. The molecule has 1 saturated carbocycles. The molecule has 0 aromatic rings. The number of carbonyl (C=O) groups is 1. The molecule has 1 aliphatic carbocycles. The summed E-state index contributed by atoms with van der Waals surface area (Å²) in [4.78, 5) is 11.5. The van der Waals surface area contributed by atoms with E-state index in [0.29, 0.717) is 0 Å². The minimum Gasteiger partial charge on any atom is -0.444 e. The summed E-state index contributed by atoms with van der Waals surface area (Å²) in [6.07, 6.45) is -3.38. The maximum Gasteiger partial charge on any atom is 0.407 e. The lowest BCUT2D eigenvalue weighted by atomic mass is 9.88. The Kier molecular flexibility index (Phi) is 4.35. The molecule has 0 saturated heterocycles. The molecule has 0 aromatic heterocycles. The van der Waals surface area contributed by atoms with Crippen LogP contribution in [0, 0.1) is 0 Å². The van der Waals surface area contributed by atoms with Crippen LogP contribution in [0.1, 0.15) is 33.6 Å². The molecule has 0 radical (unpaired) electrons. The van der Waals surface area contributed by atoms with Gasteiger partial charge >= 0.3 is 6.09 Å². The van der Waals surface area contributed by atoms with Gasteiger partial charge in [0, 0.05) is 6.04 Å². The summed E-state index contributed by atoms with van der Waals surface area (Å²) in [5.74, 6) is 0. The van der Waals surface area contributed by atoms with Crippen molar-refractivity contribution in [1.82, 2.24) is 5.32 Å². The van der Waals surface area contributed by atoms with Crippen LogP contribution in [0.3, 0.4) is 0 Å². The van der Waals surface area contributed by atoms with E-state index < -0.39 is 36.0 Å². The Bertz CT molecular complexity index is 264. The van der Waals surface area contributed by atoms with Gasteiger partial charge in [0.1, 0.15) is 11.7 Å². The fourth-order valence-corrected chi connectivity index (χ4v) is 1.81. The molecule has 0 unspecified atom stereocenters. The molecule has 0 spiro atoms. The predicted octanol–water partition coefficient (Wildman–Crippen LogP) is -0.244. The van der Waals surface area contributed by atoms with Crippen molar-refractivity contribution in [3.8, 4) is 0 Å². The number of hydrogen-bond acceptors (Lipinski definition) is 5. The molecule has 1 aliphatic rings. The van der Waals surface area contributed by atoms with Gasteiger partial charge in [-0.25, -0.2) is 4.79 Å². The fourth-order valence-electron chi connectivity index (χ4n) is 1.81. The molecule has 1 fully saturated rings. The Balaban J connectivity index is 2.45. The van der Waals surface area contributed by atoms with E-state index in [0.717, 1.165) is 0 Å². The van der Waals surface area contributed by atoms with Crippen molar-refractivity contribution in [2.24, 2.45) is 0 Å². The summed E-state index contributed by atoms with van der Waals surface area (Å²) < 4.78 is 5.06. The molecule has 0 aromatic carbocycles. The third-order valence-electron chi connectivity index (χ3n) is 2.56. The molecule has 0 bridgehead atoms. The van der Waals surface area contributed by atoms with Crippen molar-refractivity contribution in [3.05, 3.63) is 0 Å². The third-order valence-corrected chi connectivity index (χ3v) is 2.56. The highest BCUT2D eigenvalue weighted by molar-refractivity contribution is 5.68. The van der Waals surface area contributed by atoms with Gasteiger partial charge in [0.25, 0.3) is 0 Å². The van der Waals surface area contributed by atoms with E-state index in [-0.39, 0.29) is 12.8 Å². The highest BCUT2D eigenvalue weighted by atomic mass is 16.6. The molecule has 2 atom stereocenters. The van der Waals surface area contributed by atoms with E-state index in [1.54, 1.807) is 20.8 Å². The fraction of sp³-hybridized carbons (Fsp3) is 0.909. The maximum atomic E-state index is 11.5. The van der Waals surface area contributed by atoms with E-state index in [4.69, 9.17) is 4.74 Å². The number of ether oxygens (including phenoxy) is 1. The first kappa shape index (κ1) is 14.2. The quantitative estimate of drug-likeness (QED) is 0.512. The van der Waals surface area contributed by atoms with Crippen molar-refractivity contribution in [1.29, 1.82) is 0 Å². The Morgan fingerprint density at radius 1 is 1.18 bits per heavy atom. The van der Waals surface area contributed by atoms with Crippen LogP contribution in [0.2, 0.25) is 0 Å². The lowest BCUT2D eigenvalue weighted by molar-refractivity contribution is -0.0925. The van der Waals surface area contributed by atoms with Gasteiger partial charge in [0.05, 0.1) is 12.2 Å². The number of nitrogens with one attached hydrogen (secondary N) is 1. The summed E-state index contributed by atoms with van der Waals surface area (Å²) in [7, 11) is 0. The molecule has 6 heteroatoms. The minimum atomic E-state index is -1.15. The molecule has 1 rings (SSSR count). The standard InChI is InChI=1S/C11H21NO5/c1-11(2,3)17-10(16)12-6-4-7(13)9(15)8(14)5-6/h6-9,13-15H,4-5H2,1-3H3,(H,12,16)/t6?,7-,8-,9?/m1/s1. The van der Waals surface area contributed by atoms with Gasteiger partial charge in [-0.15, -0.1) is 0 Å². The van der Waals surface area contributed by atoms with E-state index in [1.807, 2.05) is 0 Å². The normalized spacial score (nSPS) is 34.2. The SMILES string of the molecule is CC(C)(C)OC(=O)NC1C[C@@H](O)C(O)[C@H](O)C1. The Hall–Kier alpha value is -0.850. The Morgan fingerprint density at radius 2 is 1.65 bits per heavy atom. The van der Waals surface area contributed by atoms with Gasteiger partial charge < -0.3 is 25.4 Å². The zero-order valence-corrected chi connectivity index (χ0v) is 10.4. The molecular formula is C11H21NO5. The van der Waals surface area contributed by atoms with E-state index in [1.165, 1.54) is 0 Å². The van der Waals surface area contributed by atoms with Crippen LogP contribution < -0.4 is 5.32 Å². The molecule has 4 N–H and O–H groups in total. The number of rotatable bonds is 1. The first-order valence-corrected chi connectivity index (χ1v) is 5.73. The molecule has 17 heavy (non-hydrogen) atoms. The highest BCUT2D eigenvalue weighted by Gasteiger charge is 2.35. The van der Waals surface area contributed by atoms with E-state index in [2.05, 4.69) is 5.32 Å². The lowest BCUT2D eigenvalue weighted by Crippen LogP contribution is -2.52. The number of hydrogen-bond donors (Lipinski definition) is 4. The van der Waals surface area contributed by atoms with Gasteiger partial charge in [0.15, 0.2) is 0 Å². The van der Waals surface area contributed by atoms with Crippen LogP contribution in [0.25, 0.3) is 0 Å². The number of aliphatic hydroxyl groups excluding tert-OH is 3. The Labute approximate surface area is 101 Å². The first-order valence-electron chi connectivity index (χ1n) is 5.73. The van der Waals surface area contributed by atoms with Gasteiger partial charge in [-0.05, 0) is 33.6 Å². The van der Waals surface area contributed by atoms with Crippen LogP contribution in [0.4, 0.5) is 4.79 Å². The first-order chi connectivity index (χ1) is 7.69. The second-order valence-corrected chi connectivity index (χ2v) is 5.44. The predicted molar refractivity (Wildman–Crippen MR) is 60.4 cm³/mol. The molecule has 0 aliphatic heterocycles. The highest BCUT2D eigenvalue weighted by Crippen LogP contribution is 2.20. The number of amides is 1. The zero-order valence-electron chi connectivity index (χ0n) is 10.4. The second-order valence-electron chi connectivity index (χ2n) is 5.44. The van der Waals surface area contributed by atoms with E-state index >= 15 is 0 Å². The zero-order chi connectivity index (χ0) is 13.2. The van der Waals surface area contributed by atoms with Crippen molar-refractivity contribution in [2.75, 3.05) is 0 Å². The Morgan fingerprint density at radius 3 is 2.06 bits per heavy atom. The number of aliphatic hydroxyl groups is 3. The van der Waals surface area contributed by atoms with Crippen LogP contribution in [-0.4, -0.2) is 51.4 Å². The monoisotopic (exact) mass is 247 g/mol. The van der Waals surface area contributed by atoms with Crippen LogP contribution in [-0.2, 0) is 4.74 Å². The second kappa shape index (κ2) is 5.20. The minimum absolute atomic E-state index is 0.206. The summed E-state index contributed by atoms with van der Waals surface area (Å²) in [5.41, 5.74) is -0.588. The molecule has 6 nitrogen and oxygen atoms in total. The average molecular weight is 247 g/mol. The summed E-state index contributed by atoms with van der Waals surface area (Å²) in [6, 6.07) is -0.391. The maximum absolute atomic E-state index is 11.5. The van der Waals surface area contributed by atoms with Crippen molar-refractivity contribution in [2.45, 2.75) is 63.6 Å². The van der Waals surface area contributed by atoms with Gasteiger partial charge in [-0.2, -0.15) is 0 Å².